The third-order valence-electron chi connectivity index (χ3n) is 2.73. The molecular weight excluding hydrogens is 206 g/mol. The standard InChI is InChI=1S/C11H19N3O2/c1-3-9(6-12)11(15)13-7-10-8-14(2)4-5-16-10/h9-10H,3-5,7-8H2,1-2H3,(H,13,15). The molecule has 1 amide bonds. The summed E-state index contributed by atoms with van der Waals surface area (Å²) >= 11 is 0. The van der Waals surface area contributed by atoms with Gasteiger partial charge in [0, 0.05) is 19.6 Å². The van der Waals surface area contributed by atoms with Crippen molar-refractivity contribution >= 4 is 5.91 Å². The van der Waals surface area contributed by atoms with Gasteiger partial charge in [0.2, 0.25) is 5.91 Å². The highest BCUT2D eigenvalue weighted by molar-refractivity contribution is 5.80. The van der Waals surface area contributed by atoms with Crippen LogP contribution in [0.4, 0.5) is 0 Å². The average molecular weight is 225 g/mol. The van der Waals surface area contributed by atoms with E-state index in [0.29, 0.717) is 19.6 Å². The van der Waals surface area contributed by atoms with E-state index >= 15 is 0 Å². The molecule has 1 fully saturated rings. The molecule has 1 aliphatic heterocycles. The molecule has 16 heavy (non-hydrogen) atoms. The summed E-state index contributed by atoms with van der Waals surface area (Å²) < 4.78 is 5.51. The molecule has 5 nitrogen and oxygen atoms in total. The molecule has 0 aromatic carbocycles. The van der Waals surface area contributed by atoms with Crippen LogP contribution in [0.15, 0.2) is 0 Å². The van der Waals surface area contributed by atoms with Gasteiger partial charge in [0.25, 0.3) is 0 Å². The van der Waals surface area contributed by atoms with Crippen molar-refractivity contribution in [2.24, 2.45) is 5.92 Å². The van der Waals surface area contributed by atoms with Crippen LogP contribution in [0, 0.1) is 17.2 Å². The summed E-state index contributed by atoms with van der Waals surface area (Å²) in [6, 6.07) is 1.98. The fourth-order valence-electron chi connectivity index (χ4n) is 1.66. The SMILES string of the molecule is CCC(C#N)C(=O)NCC1CN(C)CCO1. The third-order valence-corrected chi connectivity index (χ3v) is 2.73. The van der Waals surface area contributed by atoms with Crippen LogP contribution in [-0.2, 0) is 9.53 Å². The van der Waals surface area contributed by atoms with Crippen molar-refractivity contribution in [3.63, 3.8) is 0 Å². The quantitative estimate of drug-likeness (QED) is 0.730. The number of rotatable bonds is 4. The van der Waals surface area contributed by atoms with Gasteiger partial charge in [0.1, 0.15) is 5.92 Å². The number of hydrogen-bond donors (Lipinski definition) is 1. The summed E-state index contributed by atoms with van der Waals surface area (Å²) in [6.45, 7) is 4.77. The normalized spacial score (nSPS) is 23.4. The van der Waals surface area contributed by atoms with Crippen molar-refractivity contribution in [2.75, 3.05) is 33.3 Å². The lowest BCUT2D eigenvalue weighted by Gasteiger charge is -2.30. The molecule has 0 bridgehead atoms. The molecule has 0 aliphatic carbocycles. The molecule has 5 heteroatoms. The lowest BCUT2D eigenvalue weighted by atomic mass is 10.1. The molecule has 0 spiro atoms. The van der Waals surface area contributed by atoms with E-state index in [1.54, 1.807) is 0 Å². The van der Waals surface area contributed by atoms with Gasteiger partial charge in [-0.25, -0.2) is 0 Å². The zero-order valence-electron chi connectivity index (χ0n) is 9.90. The number of nitriles is 1. The summed E-state index contributed by atoms with van der Waals surface area (Å²) in [4.78, 5) is 13.7. The van der Waals surface area contributed by atoms with Crippen molar-refractivity contribution in [3.05, 3.63) is 0 Å². The Morgan fingerprint density at radius 3 is 3.06 bits per heavy atom. The predicted octanol–water partition coefficient (Wildman–Crippen LogP) is -0.0170. The Bertz CT molecular complexity index is 275. The molecular formula is C11H19N3O2. The molecule has 1 heterocycles. The molecule has 0 radical (unpaired) electrons. The lowest BCUT2D eigenvalue weighted by molar-refractivity contribution is -0.124. The van der Waals surface area contributed by atoms with Crippen molar-refractivity contribution < 1.29 is 9.53 Å². The van der Waals surface area contributed by atoms with Crippen LogP contribution in [0.2, 0.25) is 0 Å². The second-order valence-electron chi connectivity index (χ2n) is 4.09. The minimum Gasteiger partial charge on any atom is -0.374 e. The van der Waals surface area contributed by atoms with Crippen molar-refractivity contribution in [1.82, 2.24) is 10.2 Å². The number of likely N-dealkylation sites (N-methyl/N-ethyl adjacent to an activating group) is 1. The number of carbonyl (C=O) groups excluding carboxylic acids is 1. The van der Waals surface area contributed by atoms with Gasteiger partial charge in [-0.15, -0.1) is 0 Å². The van der Waals surface area contributed by atoms with Gasteiger partial charge in [-0.2, -0.15) is 5.26 Å². The first kappa shape index (κ1) is 12.9. The first-order valence-electron chi connectivity index (χ1n) is 5.64. The van der Waals surface area contributed by atoms with Gasteiger partial charge in [-0.05, 0) is 13.5 Å². The largest absolute Gasteiger partial charge is 0.374 e. The summed E-state index contributed by atoms with van der Waals surface area (Å²) in [6.07, 6.45) is 0.590. The van der Waals surface area contributed by atoms with E-state index < -0.39 is 5.92 Å². The highest BCUT2D eigenvalue weighted by Gasteiger charge is 2.20. The van der Waals surface area contributed by atoms with Crippen LogP contribution in [0.3, 0.4) is 0 Å². The summed E-state index contributed by atoms with van der Waals surface area (Å²) in [5, 5.41) is 11.5. The molecule has 1 aliphatic rings. The highest BCUT2D eigenvalue weighted by Crippen LogP contribution is 2.03. The molecule has 0 aromatic rings. The topological polar surface area (TPSA) is 65.4 Å². The Morgan fingerprint density at radius 1 is 1.75 bits per heavy atom. The Labute approximate surface area is 96.4 Å². The maximum atomic E-state index is 11.5. The molecule has 90 valence electrons. The zero-order valence-corrected chi connectivity index (χ0v) is 9.90. The number of hydrogen-bond acceptors (Lipinski definition) is 4. The number of ether oxygens (including phenoxy) is 1. The van der Waals surface area contributed by atoms with Gasteiger partial charge in [-0.1, -0.05) is 6.92 Å². The number of nitrogens with one attached hydrogen (secondary N) is 1. The highest BCUT2D eigenvalue weighted by atomic mass is 16.5. The Kier molecular flexibility index (Phi) is 5.23. The van der Waals surface area contributed by atoms with Crippen LogP contribution in [0.5, 0.6) is 0 Å². The third kappa shape index (κ3) is 3.80. The van der Waals surface area contributed by atoms with Gasteiger partial charge < -0.3 is 15.0 Å². The predicted molar refractivity (Wildman–Crippen MR) is 59.6 cm³/mol. The number of morpholine rings is 1. The molecule has 1 saturated heterocycles. The number of amides is 1. The molecule has 2 atom stereocenters. The van der Waals surface area contributed by atoms with E-state index in [0.717, 1.165) is 13.1 Å². The maximum absolute atomic E-state index is 11.5. The second kappa shape index (κ2) is 6.46. The van der Waals surface area contributed by atoms with Gasteiger partial charge in [0.15, 0.2) is 0 Å². The van der Waals surface area contributed by atoms with Crippen LogP contribution < -0.4 is 5.32 Å². The van der Waals surface area contributed by atoms with Gasteiger partial charge in [-0.3, -0.25) is 4.79 Å². The second-order valence-corrected chi connectivity index (χ2v) is 4.09. The fraction of sp³-hybridized carbons (Fsp3) is 0.818. The van der Waals surface area contributed by atoms with Gasteiger partial charge >= 0.3 is 0 Å². The van der Waals surface area contributed by atoms with Crippen molar-refractivity contribution in [1.29, 1.82) is 5.26 Å². The number of nitrogens with zero attached hydrogens (tertiary/aromatic N) is 2. The minimum absolute atomic E-state index is 0.0406. The van der Waals surface area contributed by atoms with E-state index in [4.69, 9.17) is 10.00 Å². The molecule has 2 unspecified atom stereocenters. The van der Waals surface area contributed by atoms with E-state index in [1.807, 2.05) is 20.0 Å². The maximum Gasteiger partial charge on any atom is 0.237 e. The van der Waals surface area contributed by atoms with Gasteiger partial charge in [0.05, 0.1) is 18.8 Å². The van der Waals surface area contributed by atoms with E-state index in [2.05, 4.69) is 10.2 Å². The Hall–Kier alpha value is -1.12. The summed E-state index contributed by atoms with van der Waals surface area (Å²) in [7, 11) is 2.03. The molecule has 0 saturated carbocycles. The molecule has 0 aromatic heterocycles. The Morgan fingerprint density at radius 2 is 2.50 bits per heavy atom. The van der Waals surface area contributed by atoms with Crippen molar-refractivity contribution in [3.8, 4) is 6.07 Å². The first-order chi connectivity index (χ1) is 7.67. The fourth-order valence-corrected chi connectivity index (χ4v) is 1.66. The zero-order chi connectivity index (χ0) is 12.0. The monoisotopic (exact) mass is 225 g/mol. The van der Waals surface area contributed by atoms with Crippen LogP contribution in [-0.4, -0.2) is 50.2 Å². The van der Waals surface area contributed by atoms with E-state index in [9.17, 15) is 4.79 Å². The minimum atomic E-state index is -0.540. The van der Waals surface area contributed by atoms with Crippen LogP contribution >= 0.6 is 0 Å². The van der Waals surface area contributed by atoms with E-state index in [-0.39, 0.29) is 12.0 Å². The molecule has 1 rings (SSSR count). The average Bonchev–Trinajstić information content (AvgIpc) is 2.28. The number of carbonyl (C=O) groups is 1. The van der Waals surface area contributed by atoms with Crippen LogP contribution in [0.1, 0.15) is 13.3 Å². The first-order valence-corrected chi connectivity index (χ1v) is 5.64. The summed E-state index contributed by atoms with van der Waals surface area (Å²) in [5.74, 6) is -0.733. The Balaban J connectivity index is 2.28. The van der Waals surface area contributed by atoms with E-state index in [1.165, 1.54) is 0 Å². The smallest absolute Gasteiger partial charge is 0.237 e. The lowest BCUT2D eigenvalue weighted by Crippen LogP contribution is -2.46. The summed E-state index contributed by atoms with van der Waals surface area (Å²) in [5.41, 5.74) is 0. The molecule has 1 N–H and O–H groups in total. The van der Waals surface area contributed by atoms with Crippen molar-refractivity contribution in [2.45, 2.75) is 19.4 Å². The van der Waals surface area contributed by atoms with Crippen LogP contribution in [0.25, 0.3) is 0 Å².